The molecule has 0 amide bonds. The first-order valence-corrected chi connectivity index (χ1v) is 8.69. The van der Waals surface area contributed by atoms with Gasteiger partial charge in [-0.3, -0.25) is 0 Å². The molecule has 4 heteroatoms. The molecule has 2 atom stereocenters. The summed E-state index contributed by atoms with van der Waals surface area (Å²) in [6, 6.07) is 15.0. The molecule has 1 nitrogen and oxygen atoms in total. The number of rotatable bonds is 3. The molecule has 0 aromatic heterocycles. The summed E-state index contributed by atoms with van der Waals surface area (Å²) in [5.41, 5.74) is 2.88. The molecular formula is C17H17Cl2NS. The van der Waals surface area contributed by atoms with E-state index in [2.05, 4.69) is 29.6 Å². The van der Waals surface area contributed by atoms with Crippen molar-refractivity contribution in [2.45, 2.75) is 29.0 Å². The highest BCUT2D eigenvalue weighted by molar-refractivity contribution is 8.00. The van der Waals surface area contributed by atoms with Crippen LogP contribution in [0.4, 0.5) is 0 Å². The zero-order valence-electron chi connectivity index (χ0n) is 11.8. The van der Waals surface area contributed by atoms with Crippen LogP contribution in [0.1, 0.15) is 23.6 Å². The van der Waals surface area contributed by atoms with Crippen molar-refractivity contribution >= 4 is 35.0 Å². The molecule has 21 heavy (non-hydrogen) atoms. The van der Waals surface area contributed by atoms with E-state index in [4.69, 9.17) is 23.2 Å². The first kappa shape index (κ1) is 15.2. The molecule has 2 aromatic rings. The van der Waals surface area contributed by atoms with Crippen molar-refractivity contribution in [2.75, 3.05) is 7.05 Å². The molecule has 0 aliphatic heterocycles. The predicted octanol–water partition coefficient (Wildman–Crippen LogP) is 5.36. The number of hydrogen-bond acceptors (Lipinski definition) is 2. The lowest BCUT2D eigenvalue weighted by Crippen LogP contribution is -2.32. The molecule has 0 bridgehead atoms. The lowest BCUT2D eigenvalue weighted by atomic mass is 9.87. The van der Waals surface area contributed by atoms with Crippen LogP contribution in [0.3, 0.4) is 0 Å². The number of aryl methyl sites for hydroxylation is 1. The van der Waals surface area contributed by atoms with Gasteiger partial charge >= 0.3 is 0 Å². The van der Waals surface area contributed by atoms with E-state index in [1.165, 1.54) is 16.0 Å². The van der Waals surface area contributed by atoms with E-state index in [9.17, 15) is 0 Å². The molecule has 3 rings (SSSR count). The Morgan fingerprint density at radius 1 is 1.10 bits per heavy atom. The van der Waals surface area contributed by atoms with Crippen LogP contribution in [0.15, 0.2) is 47.4 Å². The van der Waals surface area contributed by atoms with E-state index < -0.39 is 0 Å². The minimum absolute atomic E-state index is 0.370. The SMILES string of the molecule is CNC1c2ccccc2CCC1Sc1ccc(Cl)c(Cl)c1. The van der Waals surface area contributed by atoms with Gasteiger partial charge in [-0.25, -0.2) is 0 Å². The van der Waals surface area contributed by atoms with Crippen LogP contribution < -0.4 is 5.32 Å². The second-order valence-electron chi connectivity index (χ2n) is 5.24. The van der Waals surface area contributed by atoms with Crippen molar-refractivity contribution in [3.8, 4) is 0 Å². The number of nitrogens with one attached hydrogen (secondary N) is 1. The van der Waals surface area contributed by atoms with Crippen molar-refractivity contribution in [3.63, 3.8) is 0 Å². The molecule has 110 valence electrons. The molecular weight excluding hydrogens is 321 g/mol. The highest BCUT2D eigenvalue weighted by Gasteiger charge is 2.28. The van der Waals surface area contributed by atoms with Crippen molar-refractivity contribution in [1.82, 2.24) is 5.32 Å². The van der Waals surface area contributed by atoms with Crippen molar-refractivity contribution in [3.05, 3.63) is 63.6 Å². The van der Waals surface area contributed by atoms with Gasteiger partial charge in [0.15, 0.2) is 0 Å². The third-order valence-corrected chi connectivity index (χ3v) is 6.03. The van der Waals surface area contributed by atoms with Gasteiger partial charge in [-0.2, -0.15) is 0 Å². The zero-order chi connectivity index (χ0) is 14.8. The first-order valence-electron chi connectivity index (χ1n) is 7.06. The number of hydrogen-bond donors (Lipinski definition) is 1. The fraction of sp³-hybridized carbons (Fsp3) is 0.294. The summed E-state index contributed by atoms with van der Waals surface area (Å²) in [5.74, 6) is 0. The zero-order valence-corrected chi connectivity index (χ0v) is 14.1. The fourth-order valence-electron chi connectivity index (χ4n) is 2.92. The number of thioether (sulfide) groups is 1. The minimum Gasteiger partial charge on any atom is -0.312 e. The normalized spacial score (nSPS) is 21.1. The van der Waals surface area contributed by atoms with Crippen LogP contribution in [0.2, 0.25) is 10.0 Å². The Bertz CT molecular complexity index is 644. The number of benzene rings is 2. The third kappa shape index (κ3) is 3.24. The Kier molecular flexibility index (Phi) is 4.80. The maximum atomic E-state index is 6.12. The molecule has 1 aliphatic rings. The van der Waals surface area contributed by atoms with Gasteiger partial charge in [0.25, 0.3) is 0 Å². The smallest absolute Gasteiger partial charge is 0.0603 e. The highest BCUT2D eigenvalue weighted by atomic mass is 35.5. The first-order chi connectivity index (χ1) is 10.2. The standard InChI is InChI=1S/C17H17Cl2NS/c1-20-17-13-5-3-2-4-11(13)6-9-16(17)21-12-7-8-14(18)15(19)10-12/h2-5,7-8,10,16-17,20H,6,9H2,1H3. The van der Waals surface area contributed by atoms with Gasteiger partial charge in [-0.15, -0.1) is 11.8 Å². The molecule has 0 saturated heterocycles. The maximum Gasteiger partial charge on any atom is 0.0603 e. The van der Waals surface area contributed by atoms with Crippen molar-refractivity contribution < 1.29 is 0 Å². The largest absolute Gasteiger partial charge is 0.312 e. The molecule has 0 radical (unpaired) electrons. The van der Waals surface area contributed by atoms with Gasteiger partial charge in [-0.1, -0.05) is 47.5 Å². The summed E-state index contributed by atoms with van der Waals surface area (Å²) in [6.45, 7) is 0. The van der Waals surface area contributed by atoms with Gasteiger partial charge in [0.1, 0.15) is 0 Å². The third-order valence-electron chi connectivity index (χ3n) is 3.95. The monoisotopic (exact) mass is 337 g/mol. The molecule has 0 saturated carbocycles. The Morgan fingerprint density at radius 3 is 2.67 bits per heavy atom. The fourth-order valence-corrected chi connectivity index (χ4v) is 4.62. The summed E-state index contributed by atoms with van der Waals surface area (Å²) in [5, 5.41) is 5.21. The Balaban J connectivity index is 1.84. The van der Waals surface area contributed by atoms with Gasteiger partial charge in [0, 0.05) is 16.2 Å². The van der Waals surface area contributed by atoms with Crippen molar-refractivity contribution in [2.24, 2.45) is 0 Å². The molecule has 2 unspecified atom stereocenters. The predicted molar refractivity (Wildman–Crippen MR) is 92.7 cm³/mol. The lowest BCUT2D eigenvalue weighted by molar-refractivity contribution is 0.510. The summed E-state index contributed by atoms with van der Waals surface area (Å²) >= 11 is 14.0. The van der Waals surface area contributed by atoms with E-state index in [-0.39, 0.29) is 0 Å². The van der Waals surface area contributed by atoms with Crippen LogP contribution in [0.25, 0.3) is 0 Å². The Labute approximate surface area is 140 Å². The molecule has 0 spiro atoms. The minimum atomic E-state index is 0.370. The maximum absolute atomic E-state index is 6.12. The number of fused-ring (bicyclic) bond motifs is 1. The molecule has 1 aliphatic carbocycles. The summed E-state index contributed by atoms with van der Waals surface area (Å²) in [7, 11) is 2.04. The van der Waals surface area contributed by atoms with Crippen LogP contribution in [-0.2, 0) is 6.42 Å². The highest BCUT2D eigenvalue weighted by Crippen LogP contribution is 2.41. The summed E-state index contributed by atoms with van der Waals surface area (Å²) < 4.78 is 0. The van der Waals surface area contributed by atoms with E-state index in [1.54, 1.807) is 0 Å². The quantitative estimate of drug-likeness (QED) is 0.808. The molecule has 0 fully saturated rings. The van der Waals surface area contributed by atoms with E-state index >= 15 is 0 Å². The van der Waals surface area contributed by atoms with E-state index in [0.717, 1.165) is 12.8 Å². The average Bonchev–Trinajstić information content (AvgIpc) is 2.51. The molecule has 0 heterocycles. The van der Waals surface area contributed by atoms with Gasteiger partial charge in [0.05, 0.1) is 10.0 Å². The van der Waals surface area contributed by atoms with Crippen LogP contribution in [0.5, 0.6) is 0 Å². The second-order valence-corrected chi connectivity index (χ2v) is 7.36. The molecule has 2 aromatic carbocycles. The molecule has 1 N–H and O–H groups in total. The van der Waals surface area contributed by atoms with Crippen LogP contribution in [0, 0.1) is 0 Å². The lowest BCUT2D eigenvalue weighted by Gasteiger charge is -2.33. The van der Waals surface area contributed by atoms with E-state index in [0.29, 0.717) is 21.3 Å². The second kappa shape index (κ2) is 6.62. The van der Waals surface area contributed by atoms with Gasteiger partial charge < -0.3 is 5.32 Å². The Morgan fingerprint density at radius 2 is 1.90 bits per heavy atom. The van der Waals surface area contributed by atoms with Gasteiger partial charge in [-0.05, 0) is 49.2 Å². The van der Waals surface area contributed by atoms with E-state index in [1.807, 2.05) is 37.0 Å². The number of halogens is 2. The summed E-state index contributed by atoms with van der Waals surface area (Å²) in [6.07, 6.45) is 2.29. The van der Waals surface area contributed by atoms with Gasteiger partial charge in [0.2, 0.25) is 0 Å². The van der Waals surface area contributed by atoms with Crippen LogP contribution in [-0.4, -0.2) is 12.3 Å². The Hall–Kier alpha value is -0.670. The average molecular weight is 338 g/mol. The topological polar surface area (TPSA) is 12.0 Å². The van der Waals surface area contributed by atoms with Crippen LogP contribution >= 0.6 is 35.0 Å². The summed E-state index contributed by atoms with van der Waals surface area (Å²) in [4.78, 5) is 1.18. The van der Waals surface area contributed by atoms with Crippen molar-refractivity contribution in [1.29, 1.82) is 0 Å².